The van der Waals surface area contributed by atoms with Gasteiger partial charge in [0.25, 0.3) is 0 Å². The first kappa shape index (κ1) is 20.2. The van der Waals surface area contributed by atoms with Crippen LogP contribution in [0.4, 0.5) is 17.3 Å². The molecule has 32 heavy (non-hydrogen) atoms. The summed E-state index contributed by atoms with van der Waals surface area (Å²) in [5.41, 5.74) is 9.50. The van der Waals surface area contributed by atoms with Gasteiger partial charge in [0.05, 0.1) is 5.52 Å². The highest BCUT2D eigenvalue weighted by molar-refractivity contribution is 6.31. The van der Waals surface area contributed by atoms with E-state index < -0.39 is 0 Å². The van der Waals surface area contributed by atoms with Crippen molar-refractivity contribution >= 4 is 50.7 Å². The highest BCUT2D eigenvalue weighted by Crippen LogP contribution is 2.29. The molecule has 5 aromatic rings. The van der Waals surface area contributed by atoms with Gasteiger partial charge in [0.15, 0.2) is 5.82 Å². The number of hydrogen-bond acceptors (Lipinski definition) is 5. The summed E-state index contributed by atoms with van der Waals surface area (Å²) in [7, 11) is 0. The van der Waals surface area contributed by atoms with Crippen LogP contribution in [0.2, 0.25) is 5.02 Å². The molecule has 0 aliphatic heterocycles. The van der Waals surface area contributed by atoms with Crippen molar-refractivity contribution in [2.75, 3.05) is 29.5 Å². The van der Waals surface area contributed by atoms with Gasteiger partial charge in [0, 0.05) is 45.7 Å². The van der Waals surface area contributed by atoms with Gasteiger partial charge in [-0.15, -0.1) is 0 Å². The number of nitrogens with zero attached hydrogens (tertiary/aromatic N) is 2. The third kappa shape index (κ3) is 4.18. The molecule has 0 atom stereocenters. The maximum Gasteiger partial charge on any atom is 0.164 e. The van der Waals surface area contributed by atoms with Crippen molar-refractivity contribution in [2.45, 2.75) is 6.42 Å². The number of H-pyrrole nitrogens is 1. The Labute approximate surface area is 190 Å². The first-order chi connectivity index (χ1) is 15.7. The van der Waals surface area contributed by atoms with Crippen LogP contribution in [0.15, 0.2) is 72.8 Å². The van der Waals surface area contributed by atoms with Crippen LogP contribution in [0.5, 0.6) is 0 Å². The van der Waals surface area contributed by atoms with Gasteiger partial charge >= 0.3 is 0 Å². The molecule has 0 aliphatic carbocycles. The Kier molecular flexibility index (Phi) is 5.52. The second-order valence-electron chi connectivity index (χ2n) is 7.62. The Morgan fingerprint density at radius 2 is 1.69 bits per heavy atom. The predicted octanol–water partition coefficient (Wildman–Crippen LogP) is 5.93. The molecular weight excluding hydrogens is 420 g/mol. The summed E-state index contributed by atoms with van der Waals surface area (Å²) in [6.07, 6.45) is 0.923. The minimum absolute atomic E-state index is 0.557. The topological polar surface area (TPSA) is 91.6 Å². The minimum atomic E-state index is 0.557. The van der Waals surface area contributed by atoms with Crippen molar-refractivity contribution < 1.29 is 0 Å². The monoisotopic (exact) mass is 442 g/mol. The molecular formula is C25H23ClN6. The molecule has 7 heteroatoms. The summed E-state index contributed by atoms with van der Waals surface area (Å²) in [5, 5.41) is 9.70. The lowest BCUT2D eigenvalue weighted by Crippen LogP contribution is -2.11. The Morgan fingerprint density at radius 1 is 0.875 bits per heavy atom. The Bertz CT molecular complexity index is 1360. The van der Waals surface area contributed by atoms with E-state index in [2.05, 4.69) is 33.8 Å². The molecule has 0 aliphatic rings. The van der Waals surface area contributed by atoms with Crippen LogP contribution in [0.1, 0.15) is 6.42 Å². The van der Waals surface area contributed by atoms with E-state index in [4.69, 9.17) is 27.3 Å². The molecule has 2 aromatic heterocycles. The molecule has 160 valence electrons. The van der Waals surface area contributed by atoms with E-state index >= 15 is 0 Å². The third-order valence-electron chi connectivity index (χ3n) is 5.35. The molecule has 2 heterocycles. The highest BCUT2D eigenvalue weighted by Gasteiger charge is 2.11. The summed E-state index contributed by atoms with van der Waals surface area (Å²) in [5.74, 6) is 2.40. The Balaban J connectivity index is 1.29. The average molecular weight is 443 g/mol. The van der Waals surface area contributed by atoms with Crippen LogP contribution in [0.3, 0.4) is 0 Å². The van der Waals surface area contributed by atoms with Gasteiger partial charge in [-0.3, -0.25) is 0 Å². The van der Waals surface area contributed by atoms with Crippen LogP contribution in [-0.4, -0.2) is 28.0 Å². The molecule has 0 spiro atoms. The van der Waals surface area contributed by atoms with Gasteiger partial charge in [0.1, 0.15) is 11.6 Å². The number of aromatic amines is 1. The van der Waals surface area contributed by atoms with Crippen molar-refractivity contribution in [3.63, 3.8) is 0 Å². The van der Waals surface area contributed by atoms with E-state index in [1.54, 1.807) is 12.1 Å². The number of para-hydroxylation sites is 2. The summed E-state index contributed by atoms with van der Waals surface area (Å²) in [4.78, 5) is 12.9. The number of fused-ring (bicyclic) bond motifs is 2. The lowest BCUT2D eigenvalue weighted by Gasteiger charge is -2.12. The van der Waals surface area contributed by atoms with Crippen molar-refractivity contribution in [1.29, 1.82) is 0 Å². The molecule has 0 saturated carbocycles. The van der Waals surface area contributed by atoms with Crippen LogP contribution in [0.25, 0.3) is 33.2 Å². The number of nitrogens with one attached hydrogen (secondary N) is 3. The zero-order valence-corrected chi connectivity index (χ0v) is 18.2. The molecule has 0 saturated heterocycles. The Morgan fingerprint density at radius 3 is 2.56 bits per heavy atom. The zero-order valence-electron chi connectivity index (χ0n) is 17.4. The number of rotatable bonds is 7. The van der Waals surface area contributed by atoms with Crippen molar-refractivity contribution in [3.8, 4) is 11.4 Å². The fraction of sp³-hybridized carbons (Fsp3) is 0.120. The fourth-order valence-corrected chi connectivity index (χ4v) is 3.94. The first-order valence-corrected chi connectivity index (χ1v) is 10.9. The molecule has 6 nitrogen and oxygen atoms in total. The number of hydrogen-bond donors (Lipinski definition) is 4. The van der Waals surface area contributed by atoms with E-state index in [0.29, 0.717) is 16.5 Å². The van der Waals surface area contributed by atoms with Crippen molar-refractivity contribution in [3.05, 3.63) is 77.8 Å². The van der Waals surface area contributed by atoms with Gasteiger partial charge in [-0.05, 0) is 48.9 Å². The Hall–Kier alpha value is -3.77. The summed E-state index contributed by atoms with van der Waals surface area (Å²) >= 11 is 6.05. The number of nitrogen functional groups attached to an aromatic ring is 1. The number of aromatic nitrogens is 3. The zero-order chi connectivity index (χ0) is 21.9. The van der Waals surface area contributed by atoms with E-state index in [1.807, 2.05) is 42.5 Å². The smallest absolute Gasteiger partial charge is 0.164 e. The SMILES string of the molecule is Nc1cc(Cl)ccc1-c1nc(NCCCNc2cc3ccccc3[nH]2)c2ccccc2n1. The van der Waals surface area contributed by atoms with E-state index in [0.717, 1.165) is 53.1 Å². The second-order valence-corrected chi connectivity index (χ2v) is 8.06. The molecule has 0 unspecified atom stereocenters. The molecule has 0 fully saturated rings. The number of nitrogens with two attached hydrogens (primary N) is 1. The first-order valence-electron chi connectivity index (χ1n) is 10.5. The van der Waals surface area contributed by atoms with Crippen LogP contribution < -0.4 is 16.4 Å². The fourth-order valence-electron chi connectivity index (χ4n) is 3.76. The number of benzene rings is 3. The number of halogens is 1. The number of anilines is 3. The summed E-state index contributed by atoms with van der Waals surface area (Å²) in [6.45, 7) is 1.60. The van der Waals surface area contributed by atoms with Crippen LogP contribution in [-0.2, 0) is 0 Å². The van der Waals surface area contributed by atoms with Crippen molar-refractivity contribution in [2.24, 2.45) is 0 Å². The van der Waals surface area contributed by atoms with E-state index in [9.17, 15) is 0 Å². The minimum Gasteiger partial charge on any atom is -0.398 e. The molecule has 5 N–H and O–H groups in total. The average Bonchev–Trinajstić information content (AvgIpc) is 3.21. The normalized spacial score (nSPS) is 11.2. The van der Waals surface area contributed by atoms with Crippen LogP contribution in [0, 0.1) is 0 Å². The standard InChI is InChI=1S/C25H23ClN6/c26-17-10-11-18(20(27)15-17)25-31-22-9-4-2-7-19(22)24(32-25)29-13-5-12-28-23-14-16-6-1-3-8-21(16)30-23/h1-4,6-11,14-15,28,30H,5,12-13,27H2,(H,29,31,32). The van der Waals surface area contributed by atoms with Gasteiger partial charge in [0.2, 0.25) is 0 Å². The van der Waals surface area contributed by atoms with Crippen molar-refractivity contribution in [1.82, 2.24) is 15.0 Å². The van der Waals surface area contributed by atoms with Crippen LogP contribution >= 0.6 is 11.6 Å². The summed E-state index contributed by atoms with van der Waals surface area (Å²) < 4.78 is 0. The van der Waals surface area contributed by atoms with E-state index in [1.165, 1.54) is 5.39 Å². The summed E-state index contributed by atoms with van der Waals surface area (Å²) in [6, 6.07) is 23.7. The predicted molar refractivity (Wildman–Crippen MR) is 134 cm³/mol. The van der Waals surface area contributed by atoms with E-state index in [-0.39, 0.29) is 0 Å². The lowest BCUT2D eigenvalue weighted by atomic mass is 10.1. The van der Waals surface area contributed by atoms with Gasteiger partial charge in [-0.2, -0.15) is 0 Å². The quantitative estimate of drug-likeness (QED) is 0.185. The largest absolute Gasteiger partial charge is 0.398 e. The van der Waals surface area contributed by atoms with Gasteiger partial charge < -0.3 is 21.4 Å². The molecule has 0 amide bonds. The molecule has 5 rings (SSSR count). The maximum absolute atomic E-state index is 6.17. The van der Waals surface area contributed by atoms with Gasteiger partial charge in [-0.1, -0.05) is 41.9 Å². The second kappa shape index (κ2) is 8.77. The molecule has 3 aromatic carbocycles. The third-order valence-corrected chi connectivity index (χ3v) is 5.58. The molecule has 0 radical (unpaired) electrons. The van der Waals surface area contributed by atoms with Gasteiger partial charge in [-0.25, -0.2) is 9.97 Å². The lowest BCUT2D eigenvalue weighted by molar-refractivity contribution is 0.901. The molecule has 0 bridgehead atoms. The highest BCUT2D eigenvalue weighted by atomic mass is 35.5. The maximum atomic E-state index is 6.17.